The Labute approximate surface area is 115 Å². The summed E-state index contributed by atoms with van der Waals surface area (Å²) in [4.78, 5) is 19.8. The van der Waals surface area contributed by atoms with Crippen molar-refractivity contribution in [1.82, 2.24) is 9.97 Å². The van der Waals surface area contributed by atoms with Crippen LogP contribution in [0.4, 0.5) is 10.1 Å². The summed E-state index contributed by atoms with van der Waals surface area (Å²) in [6.45, 7) is 1.84. The Hall–Kier alpha value is -2.50. The van der Waals surface area contributed by atoms with Crippen molar-refractivity contribution in [3.8, 4) is 0 Å². The number of rotatable bonds is 4. The first-order valence-electron chi connectivity index (χ1n) is 6.02. The average Bonchev–Trinajstić information content (AvgIpc) is 2.47. The van der Waals surface area contributed by atoms with E-state index < -0.39 is 11.8 Å². The highest BCUT2D eigenvalue weighted by molar-refractivity contribution is 5.95. The molecule has 0 aliphatic heterocycles. The third kappa shape index (κ3) is 3.09. The predicted molar refractivity (Wildman–Crippen MR) is 71.8 cm³/mol. The number of aromatic nitrogens is 2. The molecule has 0 spiro atoms. The maximum atomic E-state index is 13.3. The average molecular weight is 275 g/mol. The van der Waals surface area contributed by atoms with Crippen LogP contribution in [-0.4, -0.2) is 23.0 Å². The van der Waals surface area contributed by atoms with E-state index in [0.29, 0.717) is 11.4 Å². The van der Waals surface area contributed by atoms with Gasteiger partial charge >= 0.3 is 5.97 Å². The third-order valence-corrected chi connectivity index (χ3v) is 2.79. The molecule has 1 heterocycles. The zero-order chi connectivity index (χ0) is 14.5. The van der Waals surface area contributed by atoms with E-state index in [4.69, 9.17) is 0 Å². The number of methoxy groups -OCH3 is 1. The highest BCUT2D eigenvalue weighted by Crippen LogP contribution is 2.23. The second-order valence-corrected chi connectivity index (χ2v) is 4.18. The third-order valence-electron chi connectivity index (χ3n) is 2.79. The van der Waals surface area contributed by atoms with Crippen molar-refractivity contribution in [2.75, 3.05) is 12.4 Å². The summed E-state index contributed by atoms with van der Waals surface area (Å²) in [5, 5.41) is 3.04. The van der Waals surface area contributed by atoms with E-state index in [9.17, 15) is 9.18 Å². The summed E-state index contributed by atoms with van der Waals surface area (Å²) in [7, 11) is 1.28. The van der Waals surface area contributed by atoms with Gasteiger partial charge in [-0.15, -0.1) is 0 Å². The monoisotopic (exact) mass is 275 g/mol. The van der Waals surface area contributed by atoms with Crippen LogP contribution in [0.25, 0.3) is 0 Å². The summed E-state index contributed by atoms with van der Waals surface area (Å²) in [5.41, 5.74) is 1.31. The van der Waals surface area contributed by atoms with Crippen LogP contribution in [0, 0.1) is 5.82 Å². The fourth-order valence-corrected chi connectivity index (χ4v) is 1.77. The number of anilines is 1. The number of nitrogens with zero attached hydrogens (tertiary/aromatic N) is 2. The van der Waals surface area contributed by atoms with E-state index in [0.717, 1.165) is 0 Å². The van der Waals surface area contributed by atoms with E-state index >= 15 is 0 Å². The SMILES string of the molecule is COC(=O)c1ccc(F)cc1NC(C)c1cnccn1. The van der Waals surface area contributed by atoms with E-state index in [-0.39, 0.29) is 11.6 Å². The molecule has 0 radical (unpaired) electrons. The molecule has 104 valence electrons. The number of ether oxygens (including phenoxy) is 1. The summed E-state index contributed by atoms with van der Waals surface area (Å²) in [6.07, 6.45) is 4.74. The Bertz CT molecular complexity index is 605. The first kappa shape index (κ1) is 13.9. The van der Waals surface area contributed by atoms with Crippen molar-refractivity contribution in [1.29, 1.82) is 0 Å². The maximum absolute atomic E-state index is 13.3. The number of halogens is 1. The number of benzene rings is 1. The Morgan fingerprint density at radius 2 is 2.20 bits per heavy atom. The Morgan fingerprint density at radius 1 is 1.40 bits per heavy atom. The van der Waals surface area contributed by atoms with Crippen LogP contribution in [-0.2, 0) is 4.74 Å². The van der Waals surface area contributed by atoms with Gasteiger partial charge in [-0.25, -0.2) is 9.18 Å². The van der Waals surface area contributed by atoms with Crippen LogP contribution in [0.3, 0.4) is 0 Å². The topological polar surface area (TPSA) is 64.1 Å². The lowest BCUT2D eigenvalue weighted by molar-refractivity contribution is 0.0601. The van der Waals surface area contributed by atoms with Gasteiger partial charge in [0.2, 0.25) is 0 Å². The summed E-state index contributed by atoms with van der Waals surface area (Å²) < 4.78 is 18.0. The molecule has 0 aliphatic rings. The second kappa shape index (κ2) is 6.10. The first-order chi connectivity index (χ1) is 9.61. The highest BCUT2D eigenvalue weighted by Gasteiger charge is 2.15. The molecule has 0 amide bonds. The predicted octanol–water partition coefficient (Wildman–Crippen LogP) is 2.58. The van der Waals surface area contributed by atoms with Gasteiger partial charge in [-0.05, 0) is 25.1 Å². The Balaban J connectivity index is 2.28. The summed E-state index contributed by atoms with van der Waals surface area (Å²) in [6, 6.07) is 3.62. The number of hydrogen-bond donors (Lipinski definition) is 1. The molecule has 1 aromatic heterocycles. The smallest absolute Gasteiger partial charge is 0.339 e. The lowest BCUT2D eigenvalue weighted by atomic mass is 10.1. The molecule has 1 atom stereocenters. The van der Waals surface area contributed by atoms with Crippen molar-refractivity contribution in [2.45, 2.75) is 13.0 Å². The van der Waals surface area contributed by atoms with Gasteiger partial charge in [-0.3, -0.25) is 9.97 Å². The van der Waals surface area contributed by atoms with Crippen LogP contribution in [0.15, 0.2) is 36.8 Å². The van der Waals surface area contributed by atoms with Gasteiger partial charge in [0.25, 0.3) is 0 Å². The van der Waals surface area contributed by atoms with E-state index in [1.54, 1.807) is 18.6 Å². The molecule has 0 saturated carbocycles. The zero-order valence-corrected chi connectivity index (χ0v) is 11.1. The van der Waals surface area contributed by atoms with Crippen LogP contribution < -0.4 is 5.32 Å². The first-order valence-corrected chi connectivity index (χ1v) is 6.02. The summed E-state index contributed by atoms with van der Waals surface area (Å²) >= 11 is 0. The molecule has 1 aromatic carbocycles. The maximum Gasteiger partial charge on any atom is 0.339 e. The van der Waals surface area contributed by atoms with Crippen molar-refractivity contribution < 1.29 is 13.9 Å². The van der Waals surface area contributed by atoms with E-state index in [1.165, 1.54) is 25.3 Å². The van der Waals surface area contributed by atoms with Crippen molar-refractivity contribution >= 4 is 11.7 Å². The van der Waals surface area contributed by atoms with Gasteiger partial charge in [0, 0.05) is 12.4 Å². The van der Waals surface area contributed by atoms with Gasteiger partial charge in [-0.1, -0.05) is 0 Å². The van der Waals surface area contributed by atoms with Crippen LogP contribution >= 0.6 is 0 Å². The molecule has 5 nitrogen and oxygen atoms in total. The lowest BCUT2D eigenvalue weighted by Gasteiger charge is -2.16. The quantitative estimate of drug-likeness (QED) is 0.869. The molecule has 1 unspecified atom stereocenters. The van der Waals surface area contributed by atoms with Crippen LogP contribution in [0.5, 0.6) is 0 Å². The normalized spacial score (nSPS) is 11.8. The molecule has 2 aromatic rings. The fraction of sp³-hybridized carbons (Fsp3) is 0.214. The van der Waals surface area contributed by atoms with Gasteiger partial charge in [0.1, 0.15) is 5.82 Å². The lowest BCUT2D eigenvalue weighted by Crippen LogP contribution is -2.13. The summed E-state index contributed by atoms with van der Waals surface area (Å²) in [5.74, 6) is -0.967. The molecular weight excluding hydrogens is 261 g/mol. The largest absolute Gasteiger partial charge is 0.465 e. The minimum atomic E-state index is -0.529. The van der Waals surface area contributed by atoms with Gasteiger partial charge < -0.3 is 10.1 Å². The van der Waals surface area contributed by atoms with E-state index in [1.807, 2.05) is 6.92 Å². The Morgan fingerprint density at radius 3 is 2.85 bits per heavy atom. The highest BCUT2D eigenvalue weighted by atomic mass is 19.1. The Kier molecular flexibility index (Phi) is 4.24. The molecule has 1 N–H and O–H groups in total. The van der Waals surface area contributed by atoms with Gasteiger partial charge in [-0.2, -0.15) is 0 Å². The number of nitrogens with one attached hydrogen (secondary N) is 1. The number of esters is 1. The molecule has 20 heavy (non-hydrogen) atoms. The standard InChI is InChI=1S/C14H14FN3O2/c1-9(13-8-16-5-6-17-13)18-12-7-10(15)3-4-11(12)14(19)20-2/h3-9,18H,1-2H3. The number of hydrogen-bond acceptors (Lipinski definition) is 5. The molecule has 2 rings (SSSR count). The fourth-order valence-electron chi connectivity index (χ4n) is 1.77. The second-order valence-electron chi connectivity index (χ2n) is 4.18. The van der Waals surface area contributed by atoms with Gasteiger partial charge in [0.15, 0.2) is 0 Å². The van der Waals surface area contributed by atoms with Crippen molar-refractivity contribution in [3.63, 3.8) is 0 Å². The minimum absolute atomic E-state index is 0.228. The molecule has 0 aliphatic carbocycles. The number of carbonyl (C=O) groups excluding carboxylic acids is 1. The minimum Gasteiger partial charge on any atom is -0.465 e. The number of carbonyl (C=O) groups is 1. The molecule has 0 saturated heterocycles. The van der Waals surface area contributed by atoms with Gasteiger partial charge in [0.05, 0.1) is 36.3 Å². The van der Waals surface area contributed by atoms with E-state index in [2.05, 4.69) is 20.0 Å². The molecule has 6 heteroatoms. The van der Waals surface area contributed by atoms with Crippen LogP contribution in [0.2, 0.25) is 0 Å². The molecule has 0 fully saturated rings. The molecule has 0 bridgehead atoms. The van der Waals surface area contributed by atoms with Crippen molar-refractivity contribution in [3.05, 3.63) is 53.9 Å². The molecular formula is C14H14FN3O2. The zero-order valence-electron chi connectivity index (χ0n) is 11.1. The van der Waals surface area contributed by atoms with Crippen molar-refractivity contribution in [2.24, 2.45) is 0 Å². The van der Waals surface area contributed by atoms with Crippen LogP contribution in [0.1, 0.15) is 29.0 Å².